The second-order valence-electron chi connectivity index (χ2n) is 4.45. The van der Waals surface area contributed by atoms with E-state index in [1.54, 1.807) is 4.90 Å². The van der Waals surface area contributed by atoms with Crippen LogP contribution in [-0.4, -0.2) is 18.5 Å². The zero-order valence-corrected chi connectivity index (χ0v) is 11.0. The predicted octanol–water partition coefficient (Wildman–Crippen LogP) is 1.64. The van der Waals surface area contributed by atoms with Gasteiger partial charge in [-0.15, -0.1) is 0 Å². The Morgan fingerprint density at radius 1 is 1.53 bits per heavy atom. The van der Waals surface area contributed by atoms with Gasteiger partial charge in [0.05, 0.1) is 23.7 Å². The molecule has 0 heterocycles. The molecule has 6 heteroatoms. The van der Waals surface area contributed by atoms with Crippen molar-refractivity contribution in [2.24, 2.45) is 5.73 Å². The summed E-state index contributed by atoms with van der Waals surface area (Å²) in [7, 11) is 0. The van der Waals surface area contributed by atoms with Crippen molar-refractivity contribution >= 4 is 17.3 Å². The maximum atomic E-state index is 14.0. The van der Waals surface area contributed by atoms with E-state index in [0.717, 1.165) is 6.07 Å². The van der Waals surface area contributed by atoms with Crippen LogP contribution >= 0.6 is 0 Å². The Kier molecular flexibility index (Phi) is 4.70. The number of halogens is 1. The summed E-state index contributed by atoms with van der Waals surface area (Å²) in [6.07, 6.45) is 0.258. The van der Waals surface area contributed by atoms with Crippen molar-refractivity contribution in [3.8, 4) is 6.07 Å². The number of nitrogens with zero attached hydrogens (tertiary/aromatic N) is 2. The molecule has 0 saturated carbocycles. The van der Waals surface area contributed by atoms with Crippen molar-refractivity contribution in [2.75, 3.05) is 17.2 Å². The molecule has 0 spiro atoms. The quantitative estimate of drug-likeness (QED) is 0.790. The third-order valence-corrected chi connectivity index (χ3v) is 2.78. The predicted molar refractivity (Wildman–Crippen MR) is 72.0 cm³/mol. The van der Waals surface area contributed by atoms with Gasteiger partial charge in [0, 0.05) is 18.3 Å². The number of carbonyl (C=O) groups excluding carboxylic acids is 1. The Bertz CT molecular complexity index is 522. The Balaban J connectivity index is 3.26. The van der Waals surface area contributed by atoms with E-state index in [0.29, 0.717) is 6.54 Å². The molecule has 0 aliphatic heterocycles. The zero-order chi connectivity index (χ0) is 14.6. The number of primary amides is 1. The average molecular weight is 264 g/mol. The lowest BCUT2D eigenvalue weighted by Gasteiger charge is -2.29. The number of amides is 1. The van der Waals surface area contributed by atoms with Crippen LogP contribution in [0, 0.1) is 17.1 Å². The zero-order valence-electron chi connectivity index (χ0n) is 11.0. The van der Waals surface area contributed by atoms with E-state index in [4.69, 9.17) is 16.7 Å². The highest BCUT2D eigenvalue weighted by Crippen LogP contribution is 2.27. The van der Waals surface area contributed by atoms with Crippen LogP contribution in [0.5, 0.6) is 0 Å². The molecule has 19 heavy (non-hydrogen) atoms. The summed E-state index contributed by atoms with van der Waals surface area (Å²) in [5.41, 5.74) is 11.1. The van der Waals surface area contributed by atoms with E-state index in [1.807, 2.05) is 19.9 Å². The largest absolute Gasteiger partial charge is 0.398 e. The number of benzene rings is 1. The summed E-state index contributed by atoms with van der Waals surface area (Å²) in [6, 6.07) is 4.41. The lowest BCUT2D eigenvalue weighted by Crippen LogP contribution is -2.32. The number of nitrogen functional groups attached to an aromatic ring is 1. The third kappa shape index (κ3) is 3.35. The second kappa shape index (κ2) is 6.05. The fourth-order valence-corrected chi connectivity index (χ4v) is 1.84. The molecule has 102 valence electrons. The first-order valence-electron chi connectivity index (χ1n) is 5.91. The normalized spacial score (nSPS) is 10.3. The van der Waals surface area contributed by atoms with Gasteiger partial charge in [-0.05, 0) is 26.0 Å². The molecule has 0 radical (unpaired) electrons. The van der Waals surface area contributed by atoms with Crippen molar-refractivity contribution < 1.29 is 9.18 Å². The highest BCUT2D eigenvalue weighted by atomic mass is 19.1. The van der Waals surface area contributed by atoms with E-state index in [1.165, 1.54) is 6.07 Å². The van der Waals surface area contributed by atoms with Gasteiger partial charge in [-0.1, -0.05) is 0 Å². The SMILES string of the molecule is CC(C)N(CCC#N)c1cc(C(N)=O)c(N)cc1F. The molecule has 0 aromatic heterocycles. The maximum Gasteiger partial charge on any atom is 0.250 e. The van der Waals surface area contributed by atoms with Crippen LogP contribution in [0.2, 0.25) is 0 Å². The van der Waals surface area contributed by atoms with Gasteiger partial charge >= 0.3 is 0 Å². The number of hydrogen-bond donors (Lipinski definition) is 2. The van der Waals surface area contributed by atoms with Crippen molar-refractivity contribution in [2.45, 2.75) is 26.3 Å². The molecule has 0 saturated heterocycles. The van der Waals surface area contributed by atoms with Crippen molar-refractivity contribution in [3.63, 3.8) is 0 Å². The fraction of sp³-hybridized carbons (Fsp3) is 0.385. The Hall–Kier alpha value is -2.29. The molecular weight excluding hydrogens is 247 g/mol. The van der Waals surface area contributed by atoms with Crippen LogP contribution in [0.3, 0.4) is 0 Å². The van der Waals surface area contributed by atoms with E-state index < -0.39 is 11.7 Å². The first-order chi connectivity index (χ1) is 8.88. The highest BCUT2D eigenvalue weighted by molar-refractivity contribution is 5.99. The third-order valence-electron chi connectivity index (χ3n) is 2.78. The van der Waals surface area contributed by atoms with Crippen LogP contribution in [0.15, 0.2) is 12.1 Å². The molecule has 0 bridgehead atoms. The van der Waals surface area contributed by atoms with E-state index in [9.17, 15) is 9.18 Å². The smallest absolute Gasteiger partial charge is 0.250 e. The van der Waals surface area contributed by atoms with Gasteiger partial charge in [-0.2, -0.15) is 5.26 Å². The number of carbonyl (C=O) groups is 1. The topological polar surface area (TPSA) is 96.1 Å². The van der Waals surface area contributed by atoms with Gasteiger partial charge in [-0.3, -0.25) is 4.79 Å². The minimum atomic E-state index is -0.706. The molecule has 1 amide bonds. The lowest BCUT2D eigenvalue weighted by molar-refractivity contribution is 0.100. The minimum absolute atomic E-state index is 0.0118. The molecule has 1 aromatic rings. The van der Waals surface area contributed by atoms with Crippen molar-refractivity contribution in [1.29, 1.82) is 5.26 Å². The van der Waals surface area contributed by atoms with Gasteiger partial charge in [-0.25, -0.2) is 4.39 Å². The summed E-state index contributed by atoms with van der Waals surface area (Å²) in [6.45, 7) is 4.11. The van der Waals surface area contributed by atoms with Crippen LogP contribution in [0.1, 0.15) is 30.6 Å². The number of hydrogen-bond acceptors (Lipinski definition) is 4. The van der Waals surface area contributed by atoms with E-state index in [2.05, 4.69) is 0 Å². The standard InChI is InChI=1S/C13H17FN4O/c1-8(2)18(5-3-4-15)12-6-9(13(17)19)11(16)7-10(12)14/h6-8H,3,5,16H2,1-2H3,(H2,17,19). The average Bonchev–Trinajstić information content (AvgIpc) is 2.30. The molecule has 0 atom stereocenters. The Morgan fingerprint density at radius 3 is 2.63 bits per heavy atom. The van der Waals surface area contributed by atoms with Crippen LogP contribution < -0.4 is 16.4 Å². The lowest BCUT2D eigenvalue weighted by atomic mass is 10.1. The highest BCUT2D eigenvalue weighted by Gasteiger charge is 2.18. The number of anilines is 2. The summed E-state index contributed by atoms with van der Waals surface area (Å²) < 4.78 is 14.0. The number of nitrogens with two attached hydrogens (primary N) is 2. The Labute approximate surface area is 111 Å². The van der Waals surface area contributed by atoms with Gasteiger partial charge in [0.2, 0.25) is 0 Å². The summed E-state index contributed by atoms with van der Waals surface area (Å²) in [5.74, 6) is -1.24. The second-order valence-corrected chi connectivity index (χ2v) is 4.45. The molecule has 5 nitrogen and oxygen atoms in total. The summed E-state index contributed by atoms with van der Waals surface area (Å²) in [4.78, 5) is 12.9. The van der Waals surface area contributed by atoms with Gasteiger partial charge in [0.25, 0.3) is 5.91 Å². The molecule has 0 aliphatic carbocycles. The monoisotopic (exact) mass is 264 g/mol. The minimum Gasteiger partial charge on any atom is -0.398 e. The van der Waals surface area contributed by atoms with Crippen LogP contribution in [0.4, 0.5) is 15.8 Å². The fourth-order valence-electron chi connectivity index (χ4n) is 1.84. The number of nitriles is 1. The van der Waals surface area contributed by atoms with Gasteiger partial charge in [0.15, 0.2) is 0 Å². The maximum absolute atomic E-state index is 14.0. The number of rotatable bonds is 5. The molecule has 0 aliphatic rings. The first-order valence-corrected chi connectivity index (χ1v) is 5.91. The van der Waals surface area contributed by atoms with Gasteiger partial charge < -0.3 is 16.4 Å². The summed E-state index contributed by atoms with van der Waals surface area (Å²) >= 11 is 0. The Morgan fingerprint density at radius 2 is 2.16 bits per heavy atom. The molecular formula is C13H17FN4O. The van der Waals surface area contributed by atoms with E-state index >= 15 is 0 Å². The molecule has 0 fully saturated rings. The van der Waals surface area contributed by atoms with Gasteiger partial charge in [0.1, 0.15) is 5.82 Å². The first kappa shape index (κ1) is 14.8. The summed E-state index contributed by atoms with van der Waals surface area (Å²) in [5, 5.41) is 8.64. The van der Waals surface area contributed by atoms with Crippen molar-refractivity contribution in [3.05, 3.63) is 23.5 Å². The van der Waals surface area contributed by atoms with Crippen LogP contribution in [0.25, 0.3) is 0 Å². The molecule has 0 unspecified atom stereocenters. The van der Waals surface area contributed by atoms with E-state index in [-0.39, 0.29) is 29.4 Å². The molecule has 1 aromatic carbocycles. The molecule has 4 N–H and O–H groups in total. The van der Waals surface area contributed by atoms with Crippen molar-refractivity contribution in [1.82, 2.24) is 0 Å². The van der Waals surface area contributed by atoms with Crippen LogP contribution in [-0.2, 0) is 0 Å². The molecule has 1 rings (SSSR count).